The van der Waals surface area contributed by atoms with Gasteiger partial charge in [0.05, 0.1) is 11.7 Å². The summed E-state index contributed by atoms with van der Waals surface area (Å²) in [7, 11) is 4.01. The first kappa shape index (κ1) is 15.0. The molecule has 0 aliphatic rings. The van der Waals surface area contributed by atoms with E-state index in [4.69, 9.17) is 17.3 Å². The van der Waals surface area contributed by atoms with Gasteiger partial charge in [0, 0.05) is 36.9 Å². The van der Waals surface area contributed by atoms with Crippen LogP contribution in [0.4, 0.5) is 0 Å². The van der Waals surface area contributed by atoms with E-state index >= 15 is 0 Å². The molecular formula is C15H21ClN4. The van der Waals surface area contributed by atoms with E-state index in [1.807, 2.05) is 43.0 Å². The van der Waals surface area contributed by atoms with Gasteiger partial charge in [0.2, 0.25) is 0 Å². The number of hydrogen-bond donors (Lipinski definition) is 1. The number of nitrogens with zero attached hydrogens (tertiary/aromatic N) is 3. The zero-order valence-electron chi connectivity index (χ0n) is 12.2. The zero-order chi connectivity index (χ0) is 14.7. The average molecular weight is 293 g/mol. The monoisotopic (exact) mass is 292 g/mol. The first-order valence-corrected chi connectivity index (χ1v) is 7.04. The Morgan fingerprint density at radius 3 is 2.75 bits per heavy atom. The lowest BCUT2D eigenvalue weighted by Crippen LogP contribution is -2.30. The first-order chi connectivity index (χ1) is 9.51. The molecule has 0 amide bonds. The third-order valence-electron chi connectivity index (χ3n) is 3.49. The minimum atomic E-state index is 0.155. The topological polar surface area (TPSA) is 47.1 Å². The van der Waals surface area contributed by atoms with Gasteiger partial charge in [0.25, 0.3) is 0 Å². The minimum Gasteiger partial charge on any atom is -0.329 e. The second-order valence-electron chi connectivity index (χ2n) is 5.14. The van der Waals surface area contributed by atoms with Gasteiger partial charge in [0.1, 0.15) is 0 Å². The predicted octanol–water partition coefficient (Wildman–Crippen LogP) is 2.51. The maximum Gasteiger partial charge on any atom is 0.0641 e. The molecule has 0 radical (unpaired) electrons. The molecule has 0 aliphatic carbocycles. The quantitative estimate of drug-likeness (QED) is 0.921. The molecule has 0 spiro atoms. The maximum atomic E-state index is 6.03. The number of benzene rings is 1. The van der Waals surface area contributed by atoms with Gasteiger partial charge in [-0.15, -0.1) is 0 Å². The summed E-state index contributed by atoms with van der Waals surface area (Å²) in [5, 5.41) is 5.16. The molecule has 0 fully saturated rings. The van der Waals surface area contributed by atoms with Crippen molar-refractivity contribution < 1.29 is 0 Å². The highest BCUT2D eigenvalue weighted by atomic mass is 35.5. The van der Waals surface area contributed by atoms with E-state index in [0.29, 0.717) is 6.54 Å². The first-order valence-electron chi connectivity index (χ1n) is 6.66. The van der Waals surface area contributed by atoms with Gasteiger partial charge in [-0.3, -0.25) is 9.58 Å². The van der Waals surface area contributed by atoms with Crippen molar-refractivity contribution >= 4 is 11.6 Å². The van der Waals surface area contributed by atoms with Gasteiger partial charge in [0.15, 0.2) is 0 Å². The lowest BCUT2D eigenvalue weighted by atomic mass is 10.1. The Labute approximate surface area is 125 Å². The fourth-order valence-electron chi connectivity index (χ4n) is 2.52. The van der Waals surface area contributed by atoms with Crippen molar-refractivity contribution in [2.24, 2.45) is 12.8 Å². The van der Waals surface area contributed by atoms with Crippen molar-refractivity contribution in [3.05, 3.63) is 52.3 Å². The van der Waals surface area contributed by atoms with E-state index in [9.17, 15) is 0 Å². The van der Waals surface area contributed by atoms with Crippen LogP contribution in [-0.2, 0) is 13.6 Å². The molecule has 1 atom stereocenters. The largest absolute Gasteiger partial charge is 0.329 e. The van der Waals surface area contributed by atoms with Crippen molar-refractivity contribution in [3.8, 4) is 0 Å². The maximum absolute atomic E-state index is 6.03. The zero-order valence-corrected chi connectivity index (χ0v) is 12.9. The summed E-state index contributed by atoms with van der Waals surface area (Å²) in [4.78, 5) is 2.23. The highest BCUT2D eigenvalue weighted by Gasteiger charge is 2.19. The van der Waals surface area contributed by atoms with Crippen LogP contribution in [0.25, 0.3) is 0 Å². The number of nitrogens with two attached hydrogens (primary N) is 1. The van der Waals surface area contributed by atoms with Crippen LogP contribution in [0.2, 0.25) is 5.02 Å². The summed E-state index contributed by atoms with van der Waals surface area (Å²) < 4.78 is 1.83. The van der Waals surface area contributed by atoms with Crippen molar-refractivity contribution in [1.82, 2.24) is 14.7 Å². The Morgan fingerprint density at radius 1 is 1.45 bits per heavy atom. The molecule has 5 heteroatoms. The number of halogens is 1. The number of rotatable bonds is 5. The molecule has 0 bridgehead atoms. The second-order valence-corrected chi connectivity index (χ2v) is 5.58. The van der Waals surface area contributed by atoms with Gasteiger partial charge in [-0.1, -0.05) is 23.7 Å². The van der Waals surface area contributed by atoms with E-state index in [1.165, 1.54) is 11.1 Å². The highest BCUT2D eigenvalue weighted by Crippen LogP contribution is 2.23. The molecule has 4 nitrogen and oxygen atoms in total. The van der Waals surface area contributed by atoms with Crippen LogP contribution in [0.1, 0.15) is 22.9 Å². The molecule has 0 aliphatic heterocycles. The van der Waals surface area contributed by atoms with Crippen molar-refractivity contribution in [2.45, 2.75) is 19.5 Å². The normalized spacial score (nSPS) is 12.9. The Kier molecular flexibility index (Phi) is 4.81. The molecule has 0 saturated heterocycles. The van der Waals surface area contributed by atoms with Gasteiger partial charge in [-0.05, 0) is 31.7 Å². The Balaban J connectivity index is 2.17. The second kappa shape index (κ2) is 6.39. The number of likely N-dealkylation sites (N-methyl/N-ethyl adjacent to an activating group) is 1. The lowest BCUT2D eigenvalue weighted by molar-refractivity contribution is 0.241. The fourth-order valence-corrected chi connectivity index (χ4v) is 2.74. The van der Waals surface area contributed by atoms with E-state index in [0.717, 1.165) is 17.3 Å². The van der Waals surface area contributed by atoms with Crippen LogP contribution in [0.3, 0.4) is 0 Å². The van der Waals surface area contributed by atoms with Crippen LogP contribution >= 0.6 is 11.6 Å². The molecule has 2 N–H and O–H groups in total. The highest BCUT2D eigenvalue weighted by molar-refractivity contribution is 6.30. The third kappa shape index (κ3) is 3.39. The third-order valence-corrected chi connectivity index (χ3v) is 3.72. The molecule has 0 saturated carbocycles. The van der Waals surface area contributed by atoms with E-state index < -0.39 is 0 Å². The molecule has 1 aromatic heterocycles. The smallest absolute Gasteiger partial charge is 0.0641 e. The van der Waals surface area contributed by atoms with Gasteiger partial charge in [-0.25, -0.2) is 0 Å². The SMILES string of the molecule is Cc1nn(C)cc1C(CN)N(C)Cc1cccc(Cl)c1. The lowest BCUT2D eigenvalue weighted by Gasteiger charge is -2.27. The fraction of sp³-hybridized carbons (Fsp3) is 0.400. The molecular weight excluding hydrogens is 272 g/mol. The molecule has 108 valence electrons. The predicted molar refractivity (Wildman–Crippen MR) is 82.7 cm³/mol. The summed E-state index contributed by atoms with van der Waals surface area (Å²) in [6.45, 7) is 3.38. The summed E-state index contributed by atoms with van der Waals surface area (Å²) in [5.74, 6) is 0. The Bertz CT molecular complexity index is 579. The number of aryl methyl sites for hydroxylation is 2. The molecule has 1 heterocycles. The summed E-state index contributed by atoms with van der Waals surface area (Å²) in [6.07, 6.45) is 2.04. The van der Waals surface area contributed by atoms with Crippen molar-refractivity contribution in [3.63, 3.8) is 0 Å². The Hall–Kier alpha value is -1.36. The molecule has 1 unspecified atom stereocenters. The number of aromatic nitrogens is 2. The van der Waals surface area contributed by atoms with Crippen LogP contribution in [0.5, 0.6) is 0 Å². The molecule has 2 rings (SSSR count). The average Bonchev–Trinajstić information content (AvgIpc) is 2.69. The Morgan fingerprint density at radius 2 is 2.20 bits per heavy atom. The van der Waals surface area contributed by atoms with Crippen molar-refractivity contribution in [1.29, 1.82) is 0 Å². The van der Waals surface area contributed by atoms with Gasteiger partial charge < -0.3 is 5.73 Å². The molecule has 2 aromatic rings. The van der Waals surface area contributed by atoms with Crippen LogP contribution in [0.15, 0.2) is 30.5 Å². The van der Waals surface area contributed by atoms with E-state index in [1.54, 1.807) is 0 Å². The molecule has 1 aromatic carbocycles. The summed E-state index contributed by atoms with van der Waals surface area (Å²) >= 11 is 6.03. The molecule has 20 heavy (non-hydrogen) atoms. The number of hydrogen-bond acceptors (Lipinski definition) is 3. The van der Waals surface area contributed by atoms with Crippen LogP contribution < -0.4 is 5.73 Å². The standard InChI is InChI=1S/C15H21ClN4/c1-11-14(10-20(3)18-11)15(8-17)19(2)9-12-5-4-6-13(16)7-12/h4-7,10,15H,8-9,17H2,1-3H3. The minimum absolute atomic E-state index is 0.155. The summed E-state index contributed by atoms with van der Waals surface area (Å²) in [6, 6.07) is 8.07. The summed E-state index contributed by atoms with van der Waals surface area (Å²) in [5.41, 5.74) is 9.35. The van der Waals surface area contributed by atoms with Crippen LogP contribution in [0, 0.1) is 6.92 Å². The van der Waals surface area contributed by atoms with Crippen LogP contribution in [-0.4, -0.2) is 28.3 Å². The van der Waals surface area contributed by atoms with E-state index in [2.05, 4.69) is 23.1 Å². The van der Waals surface area contributed by atoms with Crippen molar-refractivity contribution in [2.75, 3.05) is 13.6 Å². The van der Waals surface area contributed by atoms with Gasteiger partial charge >= 0.3 is 0 Å². The van der Waals surface area contributed by atoms with Gasteiger partial charge in [-0.2, -0.15) is 5.10 Å². The van der Waals surface area contributed by atoms with E-state index in [-0.39, 0.29) is 6.04 Å².